The van der Waals surface area contributed by atoms with Crippen LogP contribution in [0.2, 0.25) is 0 Å². The summed E-state index contributed by atoms with van der Waals surface area (Å²) in [5, 5.41) is 7.95. The van der Waals surface area contributed by atoms with E-state index in [0.717, 1.165) is 55.0 Å². The Morgan fingerprint density at radius 2 is 2.09 bits per heavy atom. The van der Waals surface area contributed by atoms with Crippen molar-refractivity contribution in [1.82, 2.24) is 15.1 Å². The number of benzene rings is 1. The topological polar surface area (TPSA) is 91.7 Å². The molecule has 0 bridgehead atoms. The lowest BCUT2D eigenvalue weighted by Gasteiger charge is -2.36. The van der Waals surface area contributed by atoms with Crippen LogP contribution in [0, 0.1) is 18.3 Å². The molecule has 1 N–H and O–H groups in total. The molecule has 1 saturated heterocycles. The van der Waals surface area contributed by atoms with Crippen LogP contribution in [-0.4, -0.2) is 55.1 Å². The van der Waals surface area contributed by atoms with E-state index >= 15 is 0 Å². The van der Waals surface area contributed by atoms with E-state index < -0.39 is 5.97 Å². The zero-order valence-electron chi connectivity index (χ0n) is 20.6. The second-order valence-electron chi connectivity index (χ2n) is 9.68. The van der Waals surface area contributed by atoms with Gasteiger partial charge in [0.25, 0.3) is 5.91 Å². The van der Waals surface area contributed by atoms with E-state index in [-0.39, 0.29) is 23.8 Å². The van der Waals surface area contributed by atoms with Gasteiger partial charge in [-0.05, 0) is 55.7 Å². The molecule has 1 aromatic carbocycles. The maximum Gasteiger partial charge on any atom is 0.341 e. The molecule has 8 heteroatoms. The van der Waals surface area contributed by atoms with Crippen LogP contribution in [-0.2, 0) is 28.9 Å². The number of nitrogens with one attached hydrogen (secondary N) is 1. The highest BCUT2D eigenvalue weighted by Crippen LogP contribution is 2.37. The Labute approximate surface area is 201 Å². The molecule has 1 aromatic heterocycles. The molecule has 0 saturated carbocycles. The molecule has 1 spiro atoms. The average molecular weight is 470 g/mol. The third-order valence-corrected chi connectivity index (χ3v) is 6.97. The summed E-state index contributed by atoms with van der Waals surface area (Å²) in [5.74, 6) is 0.0891. The number of fused-ring (bicyclic) bond motifs is 1. The van der Waals surface area contributed by atoms with E-state index in [2.05, 4.69) is 5.32 Å². The van der Waals surface area contributed by atoms with E-state index in [9.17, 15) is 9.59 Å². The number of carbonyl (C=O) groups excluding carboxylic acids is 2. The third-order valence-electron chi connectivity index (χ3n) is 6.97. The molecule has 1 fully saturated rings. The highest BCUT2D eigenvalue weighted by Gasteiger charge is 2.39. The van der Waals surface area contributed by atoms with Gasteiger partial charge in [-0.2, -0.15) is 5.10 Å². The van der Waals surface area contributed by atoms with Gasteiger partial charge in [-0.25, -0.2) is 4.79 Å². The lowest BCUT2D eigenvalue weighted by atomic mass is 9.76. The van der Waals surface area contributed by atoms with Gasteiger partial charge in [-0.15, -0.1) is 0 Å². The number of rotatable bonds is 7. The SMILES string of the molecule is CCc1nn(C[C@@H](C)COC(=O)c2ccc(C)cc2OC)c2c1C(=O)NCC1(CCOCC1)C2. The highest BCUT2D eigenvalue weighted by molar-refractivity contribution is 5.97. The van der Waals surface area contributed by atoms with Crippen LogP contribution in [0.15, 0.2) is 18.2 Å². The minimum absolute atomic E-state index is 0.000345. The van der Waals surface area contributed by atoms with Crippen molar-refractivity contribution < 1.29 is 23.8 Å². The number of amides is 1. The monoisotopic (exact) mass is 469 g/mol. The number of hydrogen-bond donors (Lipinski definition) is 1. The van der Waals surface area contributed by atoms with Crippen LogP contribution in [0.3, 0.4) is 0 Å². The van der Waals surface area contributed by atoms with Gasteiger partial charge in [0.15, 0.2) is 0 Å². The first-order valence-corrected chi connectivity index (χ1v) is 12.1. The second kappa shape index (κ2) is 10.2. The predicted octanol–water partition coefficient (Wildman–Crippen LogP) is 3.34. The largest absolute Gasteiger partial charge is 0.496 e. The molecule has 8 nitrogen and oxygen atoms in total. The predicted molar refractivity (Wildman–Crippen MR) is 127 cm³/mol. The molecule has 34 heavy (non-hydrogen) atoms. The second-order valence-corrected chi connectivity index (χ2v) is 9.68. The molecule has 1 amide bonds. The van der Waals surface area contributed by atoms with E-state index in [1.165, 1.54) is 0 Å². The molecule has 4 rings (SSSR count). The molecular formula is C26H35N3O5. The van der Waals surface area contributed by atoms with Crippen LogP contribution < -0.4 is 10.1 Å². The maximum atomic E-state index is 13.0. The fraction of sp³-hybridized carbons (Fsp3) is 0.577. The van der Waals surface area contributed by atoms with Gasteiger partial charge in [0, 0.05) is 32.2 Å². The molecule has 2 aliphatic rings. The Balaban J connectivity index is 1.50. The lowest BCUT2D eigenvalue weighted by molar-refractivity contribution is 0.0151. The lowest BCUT2D eigenvalue weighted by Crippen LogP contribution is -2.41. The van der Waals surface area contributed by atoms with Crippen molar-refractivity contribution >= 4 is 11.9 Å². The van der Waals surface area contributed by atoms with Crippen molar-refractivity contribution in [3.63, 3.8) is 0 Å². The van der Waals surface area contributed by atoms with Gasteiger partial charge in [0.2, 0.25) is 0 Å². The summed E-state index contributed by atoms with van der Waals surface area (Å²) in [4.78, 5) is 25.7. The fourth-order valence-electron chi connectivity index (χ4n) is 4.93. The number of aryl methyl sites for hydroxylation is 2. The van der Waals surface area contributed by atoms with Crippen molar-refractivity contribution in [3.8, 4) is 5.75 Å². The quantitative estimate of drug-likeness (QED) is 0.626. The first kappa shape index (κ1) is 24.3. The molecule has 0 aliphatic carbocycles. The van der Waals surface area contributed by atoms with Crippen LogP contribution in [0.5, 0.6) is 5.75 Å². The van der Waals surface area contributed by atoms with E-state index in [4.69, 9.17) is 19.3 Å². The zero-order chi connectivity index (χ0) is 24.3. The van der Waals surface area contributed by atoms with Crippen molar-refractivity contribution in [3.05, 3.63) is 46.3 Å². The van der Waals surface area contributed by atoms with Crippen molar-refractivity contribution in [2.24, 2.45) is 11.3 Å². The van der Waals surface area contributed by atoms with Crippen LogP contribution in [0.4, 0.5) is 0 Å². The Morgan fingerprint density at radius 3 is 2.79 bits per heavy atom. The number of aromatic nitrogens is 2. The first-order chi connectivity index (χ1) is 16.4. The standard InChI is InChI=1S/C26H35N3O5/c1-5-20-23-21(13-26(16-27-24(23)30)8-10-33-11-9-26)29(28-20)14-18(3)15-34-25(31)19-7-6-17(2)12-22(19)32-4/h6-7,12,18H,5,8-11,13-16H2,1-4H3,(H,27,30)/t18-/m1/s1. The maximum absolute atomic E-state index is 13.0. The minimum Gasteiger partial charge on any atom is -0.496 e. The van der Waals surface area contributed by atoms with Gasteiger partial charge in [-0.1, -0.05) is 19.9 Å². The Bertz CT molecular complexity index is 1050. The van der Waals surface area contributed by atoms with Crippen LogP contribution in [0.25, 0.3) is 0 Å². The first-order valence-electron chi connectivity index (χ1n) is 12.1. The molecule has 0 radical (unpaired) electrons. The summed E-state index contributed by atoms with van der Waals surface area (Å²) in [6.07, 6.45) is 3.33. The van der Waals surface area contributed by atoms with Crippen LogP contribution in [0.1, 0.15) is 64.4 Å². The average Bonchev–Trinajstić information content (AvgIpc) is 3.10. The normalized spacial score (nSPS) is 18.1. The van der Waals surface area contributed by atoms with Crippen molar-refractivity contribution in [2.45, 2.75) is 53.0 Å². The number of methoxy groups -OCH3 is 1. The summed E-state index contributed by atoms with van der Waals surface area (Å²) in [6, 6.07) is 5.42. The third kappa shape index (κ3) is 4.97. The number of carbonyl (C=O) groups is 2. The smallest absolute Gasteiger partial charge is 0.341 e. The van der Waals surface area contributed by atoms with Gasteiger partial charge in [0.05, 0.1) is 30.7 Å². The van der Waals surface area contributed by atoms with E-state index in [1.807, 2.05) is 37.6 Å². The summed E-state index contributed by atoms with van der Waals surface area (Å²) < 4.78 is 18.5. The molecule has 1 atom stereocenters. The van der Waals surface area contributed by atoms with E-state index in [0.29, 0.717) is 30.8 Å². The molecular weight excluding hydrogens is 434 g/mol. The Hall–Kier alpha value is -2.87. The summed E-state index contributed by atoms with van der Waals surface area (Å²) >= 11 is 0. The van der Waals surface area contributed by atoms with Gasteiger partial charge in [-0.3, -0.25) is 9.48 Å². The number of esters is 1. The molecule has 184 valence electrons. The molecule has 0 unspecified atom stereocenters. The Kier molecular flexibility index (Phi) is 7.26. The van der Waals surface area contributed by atoms with Crippen molar-refractivity contribution in [1.29, 1.82) is 0 Å². The molecule has 2 aromatic rings. The van der Waals surface area contributed by atoms with Gasteiger partial charge in [0.1, 0.15) is 11.3 Å². The van der Waals surface area contributed by atoms with Gasteiger partial charge >= 0.3 is 5.97 Å². The van der Waals surface area contributed by atoms with Gasteiger partial charge < -0.3 is 19.5 Å². The minimum atomic E-state index is -0.405. The van der Waals surface area contributed by atoms with E-state index in [1.54, 1.807) is 13.2 Å². The Morgan fingerprint density at radius 1 is 1.32 bits per heavy atom. The van der Waals surface area contributed by atoms with Crippen molar-refractivity contribution in [2.75, 3.05) is 33.5 Å². The molecule has 2 aliphatic heterocycles. The number of nitrogens with zero attached hydrogens (tertiary/aromatic N) is 2. The summed E-state index contributed by atoms with van der Waals surface area (Å²) in [5.41, 5.74) is 3.97. The summed E-state index contributed by atoms with van der Waals surface area (Å²) in [6.45, 7) is 8.91. The fourth-order valence-corrected chi connectivity index (χ4v) is 4.93. The number of hydrogen-bond acceptors (Lipinski definition) is 6. The zero-order valence-corrected chi connectivity index (χ0v) is 20.6. The highest BCUT2D eigenvalue weighted by atomic mass is 16.5. The van der Waals surface area contributed by atoms with Crippen LogP contribution >= 0.6 is 0 Å². The summed E-state index contributed by atoms with van der Waals surface area (Å²) in [7, 11) is 1.55. The molecule has 3 heterocycles. The number of ether oxygens (including phenoxy) is 3.